The Morgan fingerprint density at radius 1 is 1.42 bits per heavy atom. The van der Waals surface area contributed by atoms with E-state index >= 15 is 0 Å². The number of hydrogen-bond donors (Lipinski definition) is 1. The Balaban J connectivity index is 2.87. The van der Waals surface area contributed by atoms with Gasteiger partial charge in [0.2, 0.25) is 0 Å². The quantitative estimate of drug-likeness (QED) is 0.448. The Morgan fingerprint density at radius 3 is 2.63 bits per heavy atom. The van der Waals surface area contributed by atoms with Crippen LogP contribution in [-0.4, -0.2) is 33.7 Å². The van der Waals surface area contributed by atoms with Crippen molar-refractivity contribution >= 4 is 15.7 Å². The van der Waals surface area contributed by atoms with Crippen molar-refractivity contribution in [2.75, 3.05) is 20.3 Å². The van der Waals surface area contributed by atoms with Crippen molar-refractivity contribution in [1.82, 2.24) is 4.89 Å². The molecular weight excluding hydrogens is 283 g/mol. The first-order valence-electron chi connectivity index (χ1n) is 4.95. The number of ether oxygens (including phenoxy) is 1. The lowest BCUT2D eigenvalue weighted by molar-refractivity contribution is -0.385. The molecule has 0 unspecified atom stereocenters. The third kappa shape index (κ3) is 4.21. The largest absolute Gasteiger partial charge is 0.382 e. The van der Waals surface area contributed by atoms with Gasteiger partial charge >= 0.3 is 0 Å². The molecule has 0 fully saturated rings. The third-order valence-corrected chi connectivity index (χ3v) is 3.22. The Labute approximate surface area is 108 Å². The number of rotatable bonds is 7. The maximum absolute atomic E-state index is 13.5. The van der Waals surface area contributed by atoms with Crippen LogP contribution in [0.5, 0.6) is 0 Å². The van der Waals surface area contributed by atoms with Crippen LogP contribution in [0.1, 0.15) is 0 Å². The summed E-state index contributed by atoms with van der Waals surface area (Å²) in [7, 11) is -2.84. The van der Waals surface area contributed by atoms with Crippen molar-refractivity contribution in [2.24, 2.45) is 0 Å². The van der Waals surface area contributed by atoms with Crippen LogP contribution in [-0.2, 0) is 19.6 Å². The Morgan fingerprint density at radius 2 is 2.11 bits per heavy atom. The van der Waals surface area contributed by atoms with Gasteiger partial charge < -0.3 is 4.74 Å². The van der Waals surface area contributed by atoms with Crippen molar-refractivity contribution in [3.63, 3.8) is 0 Å². The minimum Gasteiger partial charge on any atom is -0.382 e. The van der Waals surface area contributed by atoms with Gasteiger partial charge in [-0.15, -0.1) is 0 Å². The van der Waals surface area contributed by atoms with Crippen molar-refractivity contribution < 1.29 is 27.3 Å². The molecule has 0 aliphatic heterocycles. The summed E-state index contributed by atoms with van der Waals surface area (Å²) in [6, 6.07) is 2.19. The average molecular weight is 294 g/mol. The van der Waals surface area contributed by atoms with Gasteiger partial charge in [-0.05, 0) is 6.07 Å². The second kappa shape index (κ2) is 6.52. The molecule has 1 rings (SSSR count). The fourth-order valence-electron chi connectivity index (χ4n) is 1.11. The molecule has 0 aliphatic carbocycles. The number of nitrogens with zero attached hydrogens (tertiary/aromatic N) is 1. The van der Waals surface area contributed by atoms with E-state index in [9.17, 15) is 22.9 Å². The molecule has 1 aromatic carbocycles. The van der Waals surface area contributed by atoms with Crippen LogP contribution in [0, 0.1) is 15.9 Å². The van der Waals surface area contributed by atoms with Gasteiger partial charge in [-0.2, -0.15) is 0 Å². The summed E-state index contributed by atoms with van der Waals surface area (Å²) in [6.07, 6.45) is 0. The Hall–Kier alpha value is -1.62. The Kier molecular flexibility index (Phi) is 5.30. The molecule has 1 aromatic rings. The van der Waals surface area contributed by atoms with Crippen molar-refractivity contribution in [3.8, 4) is 0 Å². The minimum absolute atomic E-state index is 0.0651. The number of nitro groups is 1. The van der Waals surface area contributed by atoms with Gasteiger partial charge in [0.25, 0.3) is 15.7 Å². The zero-order valence-electron chi connectivity index (χ0n) is 9.83. The van der Waals surface area contributed by atoms with Crippen LogP contribution in [0.2, 0.25) is 0 Å². The maximum atomic E-state index is 13.5. The average Bonchev–Trinajstić information content (AvgIpc) is 2.34. The van der Waals surface area contributed by atoms with E-state index in [1.54, 1.807) is 4.89 Å². The number of nitro benzene ring substituents is 1. The lowest BCUT2D eigenvalue weighted by Crippen LogP contribution is -2.26. The number of non-ortho nitro benzene ring substituents is 1. The van der Waals surface area contributed by atoms with Gasteiger partial charge in [-0.1, -0.05) is 4.89 Å². The monoisotopic (exact) mass is 294 g/mol. The lowest BCUT2D eigenvalue weighted by atomic mass is 10.3. The van der Waals surface area contributed by atoms with Crippen LogP contribution < -0.4 is 4.89 Å². The molecule has 0 atom stereocenters. The number of nitrogens with one attached hydrogen (secondary N) is 1. The highest BCUT2D eigenvalue weighted by Crippen LogP contribution is 2.20. The molecule has 0 saturated heterocycles. The summed E-state index contributed by atoms with van der Waals surface area (Å²) < 4.78 is 41.3. The SMILES string of the molecule is COCCONS(=O)(=O)c1ccc([N+](=O)[O-])cc1F. The van der Waals surface area contributed by atoms with E-state index in [1.807, 2.05) is 0 Å². The van der Waals surface area contributed by atoms with Crippen LogP contribution in [0.15, 0.2) is 23.1 Å². The first-order chi connectivity index (χ1) is 8.88. The molecule has 0 aliphatic rings. The van der Waals surface area contributed by atoms with Crippen LogP contribution in [0.3, 0.4) is 0 Å². The molecule has 106 valence electrons. The highest BCUT2D eigenvalue weighted by molar-refractivity contribution is 7.89. The summed E-state index contributed by atoms with van der Waals surface area (Å²) >= 11 is 0. The fourth-order valence-corrected chi connectivity index (χ4v) is 2.00. The van der Waals surface area contributed by atoms with Gasteiger partial charge in [0.1, 0.15) is 10.7 Å². The third-order valence-electron chi connectivity index (χ3n) is 1.97. The van der Waals surface area contributed by atoms with E-state index in [0.717, 1.165) is 12.1 Å². The van der Waals surface area contributed by atoms with Gasteiger partial charge in [-0.25, -0.2) is 12.8 Å². The number of methoxy groups -OCH3 is 1. The second-order valence-corrected chi connectivity index (χ2v) is 4.91. The normalized spacial score (nSPS) is 11.5. The Bertz CT molecular complexity index is 562. The summed E-state index contributed by atoms with van der Waals surface area (Å²) in [6.45, 7) is 0.0790. The van der Waals surface area contributed by atoms with Crippen molar-refractivity contribution in [1.29, 1.82) is 0 Å². The number of benzene rings is 1. The van der Waals surface area contributed by atoms with E-state index in [-0.39, 0.29) is 13.2 Å². The van der Waals surface area contributed by atoms with Crippen LogP contribution in [0.25, 0.3) is 0 Å². The number of hydrogen-bond acceptors (Lipinski definition) is 6. The van der Waals surface area contributed by atoms with Gasteiger partial charge in [0.15, 0.2) is 0 Å². The van der Waals surface area contributed by atoms with E-state index in [4.69, 9.17) is 0 Å². The highest BCUT2D eigenvalue weighted by atomic mass is 32.2. The molecule has 0 aromatic heterocycles. The van der Waals surface area contributed by atoms with E-state index < -0.39 is 31.3 Å². The summed E-state index contributed by atoms with van der Waals surface area (Å²) in [4.78, 5) is 15.1. The molecule has 8 nitrogen and oxygen atoms in total. The zero-order chi connectivity index (χ0) is 14.5. The fraction of sp³-hybridized carbons (Fsp3) is 0.333. The minimum atomic E-state index is -4.24. The topological polar surface area (TPSA) is 108 Å². The first kappa shape index (κ1) is 15.4. The van der Waals surface area contributed by atoms with E-state index in [2.05, 4.69) is 9.57 Å². The standard InChI is InChI=1S/C9H11FN2O6S/c1-17-4-5-18-11-19(15,16)9-3-2-7(12(13)14)6-8(9)10/h2-3,6,11H,4-5H2,1H3. The molecule has 19 heavy (non-hydrogen) atoms. The smallest absolute Gasteiger partial charge is 0.272 e. The molecule has 0 radical (unpaired) electrons. The molecule has 0 bridgehead atoms. The summed E-state index contributed by atoms with van der Waals surface area (Å²) in [5, 5.41) is 10.4. The molecule has 10 heteroatoms. The van der Waals surface area contributed by atoms with E-state index in [0.29, 0.717) is 6.07 Å². The predicted molar refractivity (Wildman–Crippen MR) is 61.2 cm³/mol. The van der Waals surface area contributed by atoms with E-state index in [1.165, 1.54) is 7.11 Å². The lowest BCUT2D eigenvalue weighted by Gasteiger charge is -2.07. The number of sulfonamides is 1. The van der Waals surface area contributed by atoms with Crippen molar-refractivity contribution in [3.05, 3.63) is 34.1 Å². The van der Waals surface area contributed by atoms with Crippen LogP contribution >= 0.6 is 0 Å². The maximum Gasteiger partial charge on any atom is 0.272 e. The summed E-state index contributed by atoms with van der Waals surface area (Å²) in [5.74, 6) is -1.24. The van der Waals surface area contributed by atoms with Gasteiger partial charge in [0, 0.05) is 13.2 Å². The molecule has 0 heterocycles. The first-order valence-corrected chi connectivity index (χ1v) is 6.43. The molecule has 0 spiro atoms. The zero-order valence-corrected chi connectivity index (χ0v) is 10.6. The van der Waals surface area contributed by atoms with Gasteiger partial charge in [0.05, 0.1) is 24.2 Å². The predicted octanol–water partition coefficient (Wildman–Crippen LogP) is 0.590. The van der Waals surface area contributed by atoms with Crippen LogP contribution in [0.4, 0.5) is 10.1 Å². The summed E-state index contributed by atoms with van der Waals surface area (Å²) in [5.41, 5.74) is -0.545. The molecule has 1 N–H and O–H groups in total. The van der Waals surface area contributed by atoms with Gasteiger partial charge in [-0.3, -0.25) is 15.0 Å². The highest BCUT2D eigenvalue weighted by Gasteiger charge is 2.21. The molecule has 0 saturated carbocycles. The molecule has 0 amide bonds. The number of halogens is 1. The molecular formula is C9H11FN2O6S. The second-order valence-electron chi connectivity index (χ2n) is 3.30. The van der Waals surface area contributed by atoms with Crippen molar-refractivity contribution in [2.45, 2.75) is 4.90 Å².